The molecule has 0 aliphatic heterocycles. The van der Waals surface area contributed by atoms with Gasteiger partial charge in [0.1, 0.15) is 9.84 Å². The minimum atomic E-state index is -2.91. The van der Waals surface area contributed by atoms with Crippen LogP contribution in [0.1, 0.15) is 19.4 Å². The zero-order valence-corrected chi connectivity index (χ0v) is 14.5. The van der Waals surface area contributed by atoms with Gasteiger partial charge in [-0.2, -0.15) is 0 Å². The minimum Gasteiger partial charge on any atom is -0.312 e. The van der Waals surface area contributed by atoms with Crippen molar-refractivity contribution >= 4 is 33.2 Å². The van der Waals surface area contributed by atoms with Crippen molar-refractivity contribution in [3.63, 3.8) is 0 Å². The lowest BCUT2D eigenvalue weighted by Gasteiger charge is -2.13. The molecule has 3 nitrogen and oxygen atoms in total. The van der Waals surface area contributed by atoms with Crippen LogP contribution in [0, 0.1) is 5.92 Å². The normalized spacial score (nSPS) is 12.1. The Hall–Kier alpha value is -0.230. The van der Waals surface area contributed by atoms with Crippen LogP contribution < -0.4 is 5.32 Å². The van der Waals surface area contributed by atoms with Crippen molar-refractivity contribution in [2.45, 2.75) is 25.3 Å². The fraction of sp³-hybridized carbons (Fsp3) is 0.571. The summed E-state index contributed by atoms with van der Waals surface area (Å²) in [5.74, 6) is 1.32. The number of hydrogen-bond acceptors (Lipinski definition) is 4. The molecule has 20 heavy (non-hydrogen) atoms. The molecule has 0 saturated carbocycles. The topological polar surface area (TPSA) is 46.2 Å². The highest BCUT2D eigenvalue weighted by atomic mass is 35.5. The highest BCUT2D eigenvalue weighted by Gasteiger charge is 2.09. The molecule has 0 aliphatic carbocycles. The number of benzene rings is 1. The van der Waals surface area contributed by atoms with E-state index in [4.69, 9.17) is 11.6 Å². The molecule has 0 heterocycles. The third-order valence-corrected chi connectivity index (χ3v) is 5.30. The average molecular weight is 336 g/mol. The van der Waals surface area contributed by atoms with Gasteiger partial charge in [0.2, 0.25) is 0 Å². The van der Waals surface area contributed by atoms with Crippen molar-refractivity contribution in [2.24, 2.45) is 5.92 Å². The Labute approximate surface area is 131 Å². The van der Waals surface area contributed by atoms with E-state index in [1.54, 1.807) is 11.8 Å². The molecule has 1 aromatic carbocycles. The molecule has 0 spiro atoms. The number of hydrogen-bond donors (Lipinski definition) is 1. The standard InChI is InChI=1S/C14H22ClNO2S2/c1-11(2)9-16-10-12-13(15)5-4-6-14(12)19-7-8-20(3,17)18/h4-6,11,16H,7-10H2,1-3H3. The summed E-state index contributed by atoms with van der Waals surface area (Å²) in [4.78, 5) is 1.05. The van der Waals surface area contributed by atoms with E-state index in [0.717, 1.165) is 22.0 Å². The van der Waals surface area contributed by atoms with Crippen molar-refractivity contribution in [3.8, 4) is 0 Å². The van der Waals surface area contributed by atoms with Gasteiger partial charge in [-0.15, -0.1) is 11.8 Å². The van der Waals surface area contributed by atoms with Crippen LogP contribution in [0.4, 0.5) is 0 Å². The summed E-state index contributed by atoms with van der Waals surface area (Å²) >= 11 is 7.79. The minimum absolute atomic E-state index is 0.184. The first-order chi connectivity index (χ1) is 9.29. The molecule has 0 saturated heterocycles. The molecule has 114 valence electrons. The van der Waals surface area contributed by atoms with Crippen molar-refractivity contribution in [1.82, 2.24) is 5.32 Å². The molecular formula is C14H22ClNO2S2. The monoisotopic (exact) mass is 335 g/mol. The lowest BCUT2D eigenvalue weighted by Crippen LogP contribution is -2.19. The number of thioether (sulfide) groups is 1. The van der Waals surface area contributed by atoms with Crippen LogP contribution in [-0.2, 0) is 16.4 Å². The van der Waals surface area contributed by atoms with Crippen LogP contribution in [0.25, 0.3) is 0 Å². The van der Waals surface area contributed by atoms with E-state index in [1.807, 2.05) is 18.2 Å². The van der Waals surface area contributed by atoms with Crippen LogP contribution in [-0.4, -0.2) is 32.7 Å². The number of halogens is 1. The molecule has 0 fully saturated rings. The maximum atomic E-state index is 11.2. The smallest absolute Gasteiger partial charge is 0.148 e. The van der Waals surface area contributed by atoms with Gasteiger partial charge >= 0.3 is 0 Å². The third kappa shape index (κ3) is 6.97. The molecule has 1 aromatic rings. The molecule has 0 aromatic heterocycles. The van der Waals surface area contributed by atoms with Gasteiger partial charge in [-0.05, 0) is 30.2 Å². The second-order valence-corrected chi connectivity index (χ2v) is 9.02. The summed E-state index contributed by atoms with van der Waals surface area (Å²) in [5.41, 5.74) is 1.05. The van der Waals surface area contributed by atoms with Crippen molar-refractivity contribution in [1.29, 1.82) is 0 Å². The first kappa shape index (κ1) is 17.8. The maximum absolute atomic E-state index is 11.2. The summed E-state index contributed by atoms with van der Waals surface area (Å²) < 4.78 is 22.3. The predicted octanol–water partition coefficient (Wildman–Crippen LogP) is 3.22. The summed E-state index contributed by atoms with van der Waals surface area (Å²) in [5, 5.41) is 4.10. The number of rotatable bonds is 8. The zero-order chi connectivity index (χ0) is 15.2. The highest BCUT2D eigenvalue weighted by molar-refractivity contribution is 8.00. The van der Waals surface area contributed by atoms with E-state index in [0.29, 0.717) is 18.2 Å². The van der Waals surface area contributed by atoms with Crippen LogP contribution >= 0.6 is 23.4 Å². The van der Waals surface area contributed by atoms with E-state index in [1.165, 1.54) is 6.26 Å². The van der Waals surface area contributed by atoms with E-state index in [-0.39, 0.29) is 5.75 Å². The predicted molar refractivity (Wildman–Crippen MR) is 88.4 cm³/mol. The summed E-state index contributed by atoms with van der Waals surface area (Å²) in [6.07, 6.45) is 1.26. The van der Waals surface area contributed by atoms with Crippen molar-refractivity contribution in [3.05, 3.63) is 28.8 Å². The van der Waals surface area contributed by atoms with Gasteiger partial charge in [-0.1, -0.05) is 31.5 Å². The molecule has 0 bridgehead atoms. The van der Waals surface area contributed by atoms with Gasteiger partial charge in [0, 0.05) is 28.5 Å². The summed E-state index contributed by atoms with van der Waals surface area (Å²) in [6.45, 7) is 5.94. The van der Waals surface area contributed by atoms with Crippen LogP contribution in [0.15, 0.2) is 23.1 Å². The van der Waals surface area contributed by atoms with E-state index >= 15 is 0 Å². The largest absolute Gasteiger partial charge is 0.312 e. The molecule has 0 amide bonds. The molecule has 0 atom stereocenters. The van der Waals surface area contributed by atoms with E-state index in [9.17, 15) is 8.42 Å². The van der Waals surface area contributed by atoms with Crippen LogP contribution in [0.5, 0.6) is 0 Å². The molecule has 0 radical (unpaired) electrons. The Bertz CT molecular complexity index is 530. The van der Waals surface area contributed by atoms with Crippen molar-refractivity contribution < 1.29 is 8.42 Å². The lowest BCUT2D eigenvalue weighted by molar-refractivity contribution is 0.550. The Kier molecular flexibility index (Phi) is 7.37. The summed E-state index contributed by atoms with van der Waals surface area (Å²) in [7, 11) is -2.91. The summed E-state index contributed by atoms with van der Waals surface area (Å²) in [6, 6.07) is 5.76. The molecule has 1 rings (SSSR count). The molecular weight excluding hydrogens is 314 g/mol. The van der Waals surface area contributed by atoms with Crippen LogP contribution in [0.3, 0.4) is 0 Å². The van der Waals surface area contributed by atoms with E-state index < -0.39 is 9.84 Å². The first-order valence-electron chi connectivity index (χ1n) is 6.58. The SMILES string of the molecule is CC(C)CNCc1c(Cl)cccc1SCCS(C)(=O)=O. The van der Waals surface area contributed by atoms with Gasteiger partial charge in [0.15, 0.2) is 0 Å². The number of sulfone groups is 1. The second-order valence-electron chi connectivity index (χ2n) is 5.22. The first-order valence-corrected chi connectivity index (χ1v) is 10.0. The Morgan fingerprint density at radius 3 is 2.65 bits per heavy atom. The Morgan fingerprint density at radius 1 is 1.35 bits per heavy atom. The van der Waals surface area contributed by atoms with Gasteiger partial charge in [-0.3, -0.25) is 0 Å². The average Bonchev–Trinajstić information content (AvgIpc) is 2.30. The van der Waals surface area contributed by atoms with Gasteiger partial charge in [0.25, 0.3) is 0 Å². The van der Waals surface area contributed by atoms with Crippen LogP contribution in [0.2, 0.25) is 5.02 Å². The van der Waals surface area contributed by atoms with Crippen molar-refractivity contribution in [2.75, 3.05) is 24.3 Å². The zero-order valence-electron chi connectivity index (χ0n) is 12.1. The third-order valence-electron chi connectivity index (χ3n) is 2.64. The molecule has 6 heteroatoms. The molecule has 0 aliphatic rings. The second kappa shape index (κ2) is 8.27. The maximum Gasteiger partial charge on any atom is 0.148 e. The molecule has 0 unspecified atom stereocenters. The Morgan fingerprint density at radius 2 is 2.05 bits per heavy atom. The van der Waals surface area contributed by atoms with Gasteiger partial charge in [0.05, 0.1) is 5.75 Å². The fourth-order valence-corrected chi connectivity index (χ4v) is 4.23. The number of nitrogens with one attached hydrogen (secondary N) is 1. The highest BCUT2D eigenvalue weighted by Crippen LogP contribution is 2.28. The lowest BCUT2D eigenvalue weighted by atomic mass is 10.2. The van der Waals surface area contributed by atoms with Gasteiger partial charge in [-0.25, -0.2) is 8.42 Å². The quantitative estimate of drug-likeness (QED) is 0.741. The fourth-order valence-electron chi connectivity index (χ4n) is 1.63. The Balaban J connectivity index is 2.67. The van der Waals surface area contributed by atoms with Gasteiger partial charge < -0.3 is 5.32 Å². The molecule has 1 N–H and O–H groups in total. The van der Waals surface area contributed by atoms with E-state index in [2.05, 4.69) is 19.2 Å².